The zero-order chi connectivity index (χ0) is 19.8. The Balaban J connectivity index is 1.47. The third kappa shape index (κ3) is 3.32. The van der Waals surface area contributed by atoms with Crippen molar-refractivity contribution in [2.45, 2.75) is 6.17 Å². The summed E-state index contributed by atoms with van der Waals surface area (Å²) in [5.74, 6) is -0.291. The van der Waals surface area contributed by atoms with Crippen molar-refractivity contribution in [2.75, 3.05) is 52.6 Å². The van der Waals surface area contributed by atoms with E-state index < -0.39 is 6.17 Å². The Hall–Kier alpha value is -2.38. The van der Waals surface area contributed by atoms with Crippen LogP contribution in [-0.2, 0) is 19.1 Å². The van der Waals surface area contributed by atoms with E-state index in [9.17, 15) is 9.59 Å². The molecule has 29 heavy (non-hydrogen) atoms. The number of ketones is 2. The summed E-state index contributed by atoms with van der Waals surface area (Å²) in [6.07, 6.45) is 5.09. The largest absolute Gasteiger partial charge is 0.379 e. The van der Waals surface area contributed by atoms with E-state index in [-0.39, 0.29) is 17.1 Å². The standard InChI is InChI=1S/C23H24N2O4/c26-21-19(6-5-18-17-4-2-1-3-16(17)15-20(18)21)22(27)23(24-7-11-28-12-8-24)25-9-13-29-14-10-25/h1-6,15,23H,7-14H2. The van der Waals surface area contributed by atoms with Crippen LogP contribution >= 0.6 is 0 Å². The summed E-state index contributed by atoms with van der Waals surface area (Å²) in [6.45, 7) is 5.15. The molecule has 1 aromatic carbocycles. The Morgan fingerprint density at radius 3 is 2.14 bits per heavy atom. The summed E-state index contributed by atoms with van der Waals surface area (Å²) < 4.78 is 11.0. The first-order chi connectivity index (χ1) is 14.2. The highest BCUT2D eigenvalue weighted by atomic mass is 16.5. The normalized spacial score (nSPS) is 22.7. The Morgan fingerprint density at radius 1 is 0.862 bits per heavy atom. The van der Waals surface area contributed by atoms with Crippen molar-refractivity contribution in [3.8, 4) is 0 Å². The van der Waals surface area contributed by atoms with Gasteiger partial charge in [0, 0.05) is 31.8 Å². The first-order valence-corrected chi connectivity index (χ1v) is 10.2. The van der Waals surface area contributed by atoms with Gasteiger partial charge in [-0.25, -0.2) is 0 Å². The molecule has 0 bridgehead atoms. The van der Waals surface area contributed by atoms with E-state index in [0.717, 1.165) is 16.7 Å². The maximum atomic E-state index is 13.7. The average Bonchev–Trinajstić information content (AvgIpc) is 3.15. The third-order valence-electron chi connectivity index (χ3n) is 6.03. The number of hydrogen-bond acceptors (Lipinski definition) is 6. The number of fused-ring (bicyclic) bond motifs is 3. The lowest BCUT2D eigenvalue weighted by Crippen LogP contribution is -2.59. The molecule has 1 aromatic rings. The van der Waals surface area contributed by atoms with E-state index >= 15 is 0 Å². The highest BCUT2D eigenvalue weighted by Gasteiger charge is 2.39. The van der Waals surface area contributed by atoms with Crippen molar-refractivity contribution in [2.24, 2.45) is 0 Å². The Bertz CT molecular complexity index is 916. The van der Waals surface area contributed by atoms with Crippen molar-refractivity contribution in [1.29, 1.82) is 0 Å². The van der Waals surface area contributed by atoms with E-state index in [2.05, 4.69) is 9.80 Å². The molecule has 0 amide bonds. The molecule has 2 saturated heterocycles. The molecule has 2 aliphatic carbocycles. The molecule has 0 N–H and O–H groups in total. The molecule has 6 heteroatoms. The van der Waals surface area contributed by atoms with Gasteiger partial charge < -0.3 is 9.47 Å². The fourth-order valence-corrected chi connectivity index (χ4v) is 4.54. The molecular weight excluding hydrogens is 368 g/mol. The monoisotopic (exact) mass is 392 g/mol. The van der Waals surface area contributed by atoms with E-state index in [1.165, 1.54) is 0 Å². The second-order valence-electron chi connectivity index (χ2n) is 7.67. The molecule has 0 aromatic heterocycles. The summed E-state index contributed by atoms with van der Waals surface area (Å²) in [5.41, 5.74) is 3.89. The maximum absolute atomic E-state index is 13.7. The number of nitrogens with zero attached hydrogens (tertiary/aromatic N) is 2. The summed E-state index contributed by atoms with van der Waals surface area (Å²) in [6, 6.07) is 7.95. The molecule has 0 spiro atoms. The van der Waals surface area contributed by atoms with Gasteiger partial charge in [-0.15, -0.1) is 0 Å². The molecular formula is C23H24N2O4. The molecule has 0 radical (unpaired) electrons. The molecule has 0 saturated carbocycles. The van der Waals surface area contributed by atoms with Crippen LogP contribution in [0.1, 0.15) is 11.1 Å². The summed E-state index contributed by atoms with van der Waals surface area (Å²) >= 11 is 0. The van der Waals surface area contributed by atoms with Crippen molar-refractivity contribution in [3.05, 3.63) is 58.7 Å². The lowest BCUT2D eigenvalue weighted by Gasteiger charge is -2.42. The highest BCUT2D eigenvalue weighted by Crippen LogP contribution is 2.39. The lowest BCUT2D eigenvalue weighted by atomic mass is 9.88. The number of allylic oxidation sites excluding steroid dienone is 4. The number of Topliss-reactive ketones (excluding diaryl/α,β-unsaturated/α-hetero) is 2. The molecule has 150 valence electrons. The van der Waals surface area contributed by atoms with Crippen LogP contribution in [0.5, 0.6) is 0 Å². The van der Waals surface area contributed by atoms with Gasteiger partial charge in [0.1, 0.15) is 6.17 Å². The number of morpholine rings is 2. The minimum Gasteiger partial charge on any atom is -0.379 e. The molecule has 0 atom stereocenters. The average molecular weight is 392 g/mol. The maximum Gasteiger partial charge on any atom is 0.198 e. The predicted octanol–water partition coefficient (Wildman–Crippen LogP) is 1.54. The Morgan fingerprint density at radius 2 is 1.48 bits per heavy atom. The van der Waals surface area contributed by atoms with Crippen LogP contribution in [0.3, 0.4) is 0 Å². The van der Waals surface area contributed by atoms with Gasteiger partial charge in [-0.2, -0.15) is 0 Å². The van der Waals surface area contributed by atoms with Crippen molar-refractivity contribution in [1.82, 2.24) is 9.80 Å². The van der Waals surface area contributed by atoms with Gasteiger partial charge in [0.05, 0.1) is 32.0 Å². The van der Waals surface area contributed by atoms with E-state index in [1.54, 1.807) is 6.08 Å². The van der Waals surface area contributed by atoms with Crippen LogP contribution in [0, 0.1) is 0 Å². The minimum absolute atomic E-state index is 0.119. The molecule has 5 rings (SSSR count). The lowest BCUT2D eigenvalue weighted by molar-refractivity contribution is -0.136. The van der Waals surface area contributed by atoms with E-state index in [0.29, 0.717) is 58.2 Å². The second kappa shape index (κ2) is 7.80. The molecule has 0 unspecified atom stereocenters. The van der Waals surface area contributed by atoms with Gasteiger partial charge in [0.15, 0.2) is 11.6 Å². The number of carbonyl (C=O) groups excluding carboxylic acids is 2. The van der Waals surface area contributed by atoms with E-state index in [1.807, 2.05) is 36.4 Å². The van der Waals surface area contributed by atoms with Gasteiger partial charge in [-0.05, 0) is 28.9 Å². The van der Waals surface area contributed by atoms with Crippen LogP contribution in [-0.4, -0.2) is 80.1 Å². The second-order valence-corrected chi connectivity index (χ2v) is 7.67. The van der Waals surface area contributed by atoms with Gasteiger partial charge in [0.2, 0.25) is 0 Å². The van der Waals surface area contributed by atoms with Gasteiger partial charge >= 0.3 is 0 Å². The molecule has 2 fully saturated rings. The van der Waals surface area contributed by atoms with Gasteiger partial charge in [0.25, 0.3) is 0 Å². The van der Waals surface area contributed by atoms with Crippen molar-refractivity contribution >= 4 is 23.2 Å². The molecule has 6 nitrogen and oxygen atoms in total. The first kappa shape index (κ1) is 18.6. The quantitative estimate of drug-likeness (QED) is 0.725. The van der Waals surface area contributed by atoms with Crippen LogP contribution in [0.15, 0.2) is 47.6 Å². The zero-order valence-corrected chi connectivity index (χ0v) is 16.3. The minimum atomic E-state index is -0.447. The smallest absolute Gasteiger partial charge is 0.198 e. The van der Waals surface area contributed by atoms with Crippen LogP contribution in [0.4, 0.5) is 0 Å². The SMILES string of the molecule is O=C1C(C(=O)C(N2CCOCC2)N2CCOCC2)=CC=C2C1=Cc1ccccc12. The third-order valence-corrected chi connectivity index (χ3v) is 6.03. The van der Waals surface area contributed by atoms with E-state index in [4.69, 9.17) is 9.47 Å². The fourth-order valence-electron chi connectivity index (χ4n) is 4.54. The first-order valence-electron chi connectivity index (χ1n) is 10.2. The zero-order valence-electron chi connectivity index (χ0n) is 16.3. The number of benzene rings is 1. The van der Waals surface area contributed by atoms with Crippen LogP contribution in [0.25, 0.3) is 11.6 Å². The summed E-state index contributed by atoms with van der Waals surface area (Å²) in [5, 5.41) is 0. The Labute approximate surface area is 170 Å². The molecule has 2 aliphatic heterocycles. The van der Waals surface area contributed by atoms with Gasteiger partial charge in [-0.3, -0.25) is 19.4 Å². The van der Waals surface area contributed by atoms with Crippen molar-refractivity contribution in [3.63, 3.8) is 0 Å². The van der Waals surface area contributed by atoms with Crippen LogP contribution in [0.2, 0.25) is 0 Å². The topological polar surface area (TPSA) is 59.1 Å². The summed E-state index contributed by atoms with van der Waals surface area (Å²) in [4.78, 5) is 31.2. The number of rotatable bonds is 4. The number of hydrogen-bond donors (Lipinski definition) is 0. The predicted molar refractivity (Wildman–Crippen MR) is 109 cm³/mol. The molecule has 4 aliphatic rings. The number of ether oxygens (including phenoxy) is 2. The molecule has 2 heterocycles. The van der Waals surface area contributed by atoms with Crippen molar-refractivity contribution < 1.29 is 19.1 Å². The number of carbonyl (C=O) groups is 2. The highest BCUT2D eigenvalue weighted by molar-refractivity contribution is 6.35. The fraction of sp³-hybridized carbons (Fsp3) is 0.391. The summed E-state index contributed by atoms with van der Waals surface area (Å²) in [7, 11) is 0. The van der Waals surface area contributed by atoms with Crippen LogP contribution < -0.4 is 0 Å². The van der Waals surface area contributed by atoms with Gasteiger partial charge in [-0.1, -0.05) is 30.3 Å². The Kier molecular flexibility index (Phi) is 5.01.